The Hall–Kier alpha value is -9.52. The van der Waals surface area contributed by atoms with Crippen molar-refractivity contribution in [2.45, 2.75) is 52.4 Å². The summed E-state index contributed by atoms with van der Waals surface area (Å²) < 4.78 is 14.3. The number of nitrogens with zero attached hydrogens (tertiary/aromatic N) is 3. The summed E-state index contributed by atoms with van der Waals surface area (Å²) in [5.41, 5.74) is 24.3. The summed E-state index contributed by atoms with van der Waals surface area (Å²) >= 11 is 0. The van der Waals surface area contributed by atoms with Crippen molar-refractivity contribution in [3.63, 3.8) is 0 Å². The Morgan fingerprint density at radius 3 is 1.69 bits per heavy atom. The normalized spacial score (nSPS) is 12.6. The largest absolute Gasteiger partial charge is 0.456 e. The van der Waals surface area contributed by atoms with Gasteiger partial charge in [-0.3, -0.25) is 0 Å². The van der Waals surface area contributed by atoms with E-state index in [1.54, 1.807) is 0 Å². The van der Waals surface area contributed by atoms with Crippen molar-refractivity contribution in [2.75, 3.05) is 14.6 Å². The Morgan fingerprint density at radius 2 is 0.975 bits per heavy atom. The molecule has 0 amide bonds. The van der Waals surface area contributed by atoms with Gasteiger partial charge in [0.05, 0.1) is 0 Å². The number of benzene rings is 11. The number of furan rings is 2. The highest BCUT2D eigenvalue weighted by Crippen LogP contribution is 2.53. The molecule has 15 rings (SSSR count). The van der Waals surface area contributed by atoms with Crippen LogP contribution in [-0.4, -0.2) is 6.85 Å². The molecule has 384 valence electrons. The van der Waals surface area contributed by atoms with Gasteiger partial charge in [-0.15, -0.1) is 0 Å². The molecule has 0 radical (unpaired) electrons. The molecule has 4 heterocycles. The maximum atomic E-state index is 7.25. The van der Waals surface area contributed by atoms with Gasteiger partial charge >= 0.3 is 6.85 Å². The summed E-state index contributed by atoms with van der Waals surface area (Å²) in [6, 6.07) is 89.3. The van der Waals surface area contributed by atoms with Gasteiger partial charge in [-0.25, -0.2) is 0 Å². The van der Waals surface area contributed by atoms with Crippen LogP contribution in [0.25, 0.3) is 77.3 Å². The Balaban J connectivity index is 1.01. The SMILES string of the molecule is CCCCc1ccc(N2B3c4cc(-c5ccccc5)ccc4N(c4ccc(-c5ccccc5)cc4)c4cc5c(oc6ccccc65)c(c43)-c3cc4c(cc32)oc2ccc(N(c3ccccc3)c3ccc(CCCC)cc3)cc24)cc1. The highest BCUT2D eigenvalue weighted by molar-refractivity contribution is 6.94. The fourth-order valence-electron chi connectivity index (χ4n) is 12.8. The van der Waals surface area contributed by atoms with E-state index in [0.29, 0.717) is 0 Å². The number of aryl methyl sites for hydroxylation is 2. The van der Waals surface area contributed by atoms with Gasteiger partial charge in [0.15, 0.2) is 0 Å². The second kappa shape index (κ2) is 19.7. The lowest BCUT2D eigenvalue weighted by atomic mass is 9.43. The molecule has 0 bridgehead atoms. The van der Waals surface area contributed by atoms with Crippen molar-refractivity contribution in [3.05, 3.63) is 254 Å². The molecule has 0 N–H and O–H groups in total. The molecule has 0 spiro atoms. The van der Waals surface area contributed by atoms with E-state index in [0.717, 1.165) is 126 Å². The minimum Gasteiger partial charge on any atom is -0.456 e. The second-order valence-corrected chi connectivity index (χ2v) is 21.7. The monoisotopic (exact) mass is 1030 g/mol. The number of anilines is 8. The highest BCUT2D eigenvalue weighted by atomic mass is 16.3. The van der Waals surface area contributed by atoms with Crippen LogP contribution in [0, 0.1) is 0 Å². The van der Waals surface area contributed by atoms with E-state index < -0.39 is 0 Å². The minimum absolute atomic E-state index is 0.258. The number of para-hydroxylation sites is 2. The molecule has 6 heteroatoms. The van der Waals surface area contributed by atoms with Crippen molar-refractivity contribution in [1.29, 1.82) is 0 Å². The predicted molar refractivity (Wildman–Crippen MR) is 337 cm³/mol. The molecular formula is C74H58BN3O2. The standard InChI is InChI=1S/C74H58BN3O2/c1-3-5-18-49-28-35-56(36-29-49)76(55-24-14-9-15-25-55)59-41-43-70-61(45-59)62-46-64-67(48-71(62)79-70)78(58-37-30-50(31-38-58)19-6-4-2)75-65-44-54(52-22-12-8-13-23-52)34-42-66(65)77(57-39-32-53(33-40-57)51-20-10-7-11-21-51)68-47-63-60-26-16-17-27-69(60)80-74(63)72(64)73(68)75/h7-17,20-48H,3-6,18-19H2,1-2H3. The van der Waals surface area contributed by atoms with Gasteiger partial charge in [0, 0.05) is 84.2 Å². The van der Waals surface area contributed by atoms with E-state index >= 15 is 0 Å². The molecule has 80 heavy (non-hydrogen) atoms. The fourth-order valence-corrected chi connectivity index (χ4v) is 12.8. The van der Waals surface area contributed by atoms with Gasteiger partial charge in [0.2, 0.25) is 0 Å². The van der Waals surface area contributed by atoms with Gasteiger partial charge in [0.25, 0.3) is 0 Å². The van der Waals surface area contributed by atoms with Crippen LogP contribution in [0.5, 0.6) is 0 Å². The van der Waals surface area contributed by atoms with Gasteiger partial charge < -0.3 is 23.4 Å². The van der Waals surface area contributed by atoms with Crippen molar-refractivity contribution in [2.24, 2.45) is 0 Å². The number of hydrogen-bond acceptors (Lipinski definition) is 5. The van der Waals surface area contributed by atoms with Gasteiger partial charge in [-0.1, -0.05) is 172 Å². The highest BCUT2D eigenvalue weighted by Gasteiger charge is 2.47. The quantitative estimate of drug-likeness (QED) is 0.108. The first-order valence-electron chi connectivity index (χ1n) is 28.5. The van der Waals surface area contributed by atoms with Gasteiger partial charge in [-0.2, -0.15) is 0 Å². The van der Waals surface area contributed by atoms with Crippen LogP contribution in [0.2, 0.25) is 0 Å². The van der Waals surface area contributed by atoms with Crippen LogP contribution >= 0.6 is 0 Å². The molecule has 2 aliphatic rings. The molecular weight excluding hydrogens is 974 g/mol. The lowest BCUT2D eigenvalue weighted by Gasteiger charge is -2.45. The maximum Gasteiger partial charge on any atom is 0.333 e. The summed E-state index contributed by atoms with van der Waals surface area (Å²) in [7, 11) is 0. The average molecular weight is 1030 g/mol. The van der Waals surface area contributed by atoms with E-state index in [-0.39, 0.29) is 6.85 Å². The van der Waals surface area contributed by atoms with Crippen LogP contribution in [0.1, 0.15) is 50.7 Å². The molecule has 13 aromatic rings. The molecule has 2 aromatic heterocycles. The first kappa shape index (κ1) is 47.7. The Bertz CT molecular complexity index is 4440. The lowest BCUT2D eigenvalue weighted by molar-refractivity contribution is 0.668. The van der Waals surface area contributed by atoms with Crippen molar-refractivity contribution >= 4 is 107 Å². The summed E-state index contributed by atoms with van der Waals surface area (Å²) in [5, 5.41) is 4.28. The van der Waals surface area contributed by atoms with Gasteiger partial charge in [0.1, 0.15) is 22.3 Å². The Labute approximate surface area is 467 Å². The van der Waals surface area contributed by atoms with E-state index in [4.69, 9.17) is 8.83 Å². The maximum absolute atomic E-state index is 7.25. The second-order valence-electron chi connectivity index (χ2n) is 21.7. The minimum atomic E-state index is -0.258. The third-order valence-electron chi connectivity index (χ3n) is 16.8. The molecule has 0 saturated heterocycles. The van der Waals surface area contributed by atoms with Crippen LogP contribution in [0.3, 0.4) is 0 Å². The molecule has 0 fully saturated rings. The van der Waals surface area contributed by atoms with Crippen molar-refractivity contribution < 1.29 is 8.83 Å². The summed E-state index contributed by atoms with van der Waals surface area (Å²) in [5.74, 6) is 0. The molecule has 0 unspecified atom stereocenters. The smallest absolute Gasteiger partial charge is 0.333 e. The number of rotatable bonds is 13. The first-order chi connectivity index (χ1) is 39.6. The zero-order valence-corrected chi connectivity index (χ0v) is 45.1. The third-order valence-corrected chi connectivity index (χ3v) is 16.8. The van der Waals surface area contributed by atoms with Crippen molar-refractivity contribution in [3.8, 4) is 33.4 Å². The predicted octanol–water partition coefficient (Wildman–Crippen LogP) is 19.7. The van der Waals surface area contributed by atoms with Crippen LogP contribution in [0.15, 0.2) is 251 Å². The van der Waals surface area contributed by atoms with E-state index in [1.807, 2.05) is 0 Å². The summed E-state index contributed by atoms with van der Waals surface area (Å²) in [4.78, 5) is 7.48. The fraction of sp³-hybridized carbons (Fsp3) is 0.108. The van der Waals surface area contributed by atoms with E-state index in [9.17, 15) is 0 Å². The van der Waals surface area contributed by atoms with Crippen molar-refractivity contribution in [1.82, 2.24) is 0 Å². The number of unbranched alkanes of at least 4 members (excludes halogenated alkanes) is 2. The van der Waals surface area contributed by atoms with Gasteiger partial charge in [-0.05, 0) is 161 Å². The molecule has 0 aliphatic carbocycles. The van der Waals surface area contributed by atoms with E-state index in [1.165, 1.54) is 57.1 Å². The number of hydrogen-bond donors (Lipinski definition) is 0. The Kier molecular flexibility index (Phi) is 11.8. The van der Waals surface area contributed by atoms with Crippen LogP contribution < -0.4 is 25.5 Å². The van der Waals surface area contributed by atoms with Crippen LogP contribution in [0.4, 0.5) is 45.5 Å². The first-order valence-corrected chi connectivity index (χ1v) is 28.5. The molecule has 5 nitrogen and oxygen atoms in total. The van der Waals surface area contributed by atoms with E-state index in [2.05, 4.69) is 271 Å². The average Bonchev–Trinajstić information content (AvgIpc) is 4.20. The third kappa shape index (κ3) is 8.00. The lowest BCUT2D eigenvalue weighted by Crippen LogP contribution is -2.61. The molecule has 0 saturated carbocycles. The summed E-state index contributed by atoms with van der Waals surface area (Å²) in [6.45, 7) is 4.26. The summed E-state index contributed by atoms with van der Waals surface area (Å²) in [6.07, 6.45) is 6.77. The molecule has 11 aromatic carbocycles. The zero-order chi connectivity index (χ0) is 53.3. The zero-order valence-electron chi connectivity index (χ0n) is 45.1. The molecule has 2 aliphatic heterocycles. The van der Waals surface area contributed by atoms with Crippen LogP contribution in [-0.2, 0) is 12.8 Å². The topological polar surface area (TPSA) is 36.0 Å². The number of fused-ring (bicyclic) bond motifs is 11. The Morgan fingerprint density at radius 1 is 0.400 bits per heavy atom. The molecule has 0 atom stereocenters.